The summed E-state index contributed by atoms with van der Waals surface area (Å²) < 4.78 is 7.07. The Kier molecular flexibility index (Phi) is 3.57. The predicted octanol–water partition coefficient (Wildman–Crippen LogP) is 5.29. The number of hydrogen-bond acceptors (Lipinski definition) is 2. The number of benzene rings is 2. The summed E-state index contributed by atoms with van der Waals surface area (Å²) in [5.74, 6) is 1.56. The number of nitrogens with zero attached hydrogens (tertiary/aromatic N) is 1. The van der Waals surface area contributed by atoms with Crippen LogP contribution < -0.4 is 4.74 Å². The van der Waals surface area contributed by atoms with Crippen molar-refractivity contribution in [2.45, 2.75) is 0 Å². The van der Waals surface area contributed by atoms with Crippen molar-refractivity contribution in [1.29, 1.82) is 0 Å². The van der Waals surface area contributed by atoms with Gasteiger partial charge in [0.1, 0.15) is 11.5 Å². The summed E-state index contributed by atoms with van der Waals surface area (Å²) in [4.78, 5) is 4.28. The number of pyridine rings is 1. The zero-order valence-corrected chi connectivity index (χ0v) is 12.7. The average molecular weight is 382 g/mol. The van der Waals surface area contributed by atoms with Gasteiger partial charge in [0.25, 0.3) is 0 Å². The number of halogens is 2. The molecular weight excluding hydrogens is 373 g/mol. The molecule has 0 aliphatic rings. The molecule has 0 aliphatic heterocycles. The van der Waals surface area contributed by atoms with Crippen LogP contribution in [0.25, 0.3) is 10.9 Å². The van der Waals surface area contributed by atoms with Crippen LogP contribution in [0, 0.1) is 3.57 Å². The van der Waals surface area contributed by atoms with Crippen LogP contribution >= 0.6 is 34.2 Å². The largest absolute Gasteiger partial charge is 0.457 e. The summed E-state index contributed by atoms with van der Waals surface area (Å²) in [5, 5.41) is 1.54. The fourth-order valence-corrected chi connectivity index (χ4v) is 2.42. The van der Waals surface area contributed by atoms with E-state index in [-0.39, 0.29) is 0 Å². The van der Waals surface area contributed by atoms with E-state index in [2.05, 4.69) is 27.6 Å². The highest BCUT2D eigenvalue weighted by molar-refractivity contribution is 14.1. The van der Waals surface area contributed by atoms with Gasteiger partial charge in [-0.15, -0.1) is 0 Å². The van der Waals surface area contributed by atoms with Gasteiger partial charge in [-0.25, -0.2) is 0 Å². The minimum absolute atomic E-state index is 0.630. The molecule has 2 nitrogen and oxygen atoms in total. The summed E-state index contributed by atoms with van der Waals surface area (Å²) in [6.07, 6.45) is 1.70. The molecule has 3 rings (SSSR count). The van der Waals surface area contributed by atoms with E-state index in [1.54, 1.807) is 6.20 Å². The third-order valence-electron chi connectivity index (χ3n) is 2.72. The van der Waals surface area contributed by atoms with Crippen LogP contribution in [0.1, 0.15) is 0 Å². The topological polar surface area (TPSA) is 22.1 Å². The van der Waals surface area contributed by atoms with Crippen molar-refractivity contribution < 1.29 is 4.74 Å². The second-order valence-corrected chi connectivity index (χ2v) is 5.65. The summed E-state index contributed by atoms with van der Waals surface area (Å²) >= 11 is 8.40. The molecule has 3 aromatic rings. The second kappa shape index (κ2) is 5.35. The molecule has 2 aromatic carbocycles. The Labute approximate surface area is 129 Å². The van der Waals surface area contributed by atoms with Crippen molar-refractivity contribution >= 4 is 45.1 Å². The first-order valence-electron chi connectivity index (χ1n) is 5.71. The number of fused-ring (bicyclic) bond motifs is 1. The lowest BCUT2D eigenvalue weighted by molar-refractivity contribution is 0.488. The van der Waals surface area contributed by atoms with Gasteiger partial charge in [-0.2, -0.15) is 0 Å². The molecule has 4 heteroatoms. The summed E-state index contributed by atoms with van der Waals surface area (Å²) in [6.45, 7) is 0. The van der Waals surface area contributed by atoms with Gasteiger partial charge >= 0.3 is 0 Å². The third-order valence-corrected chi connectivity index (χ3v) is 3.75. The van der Waals surface area contributed by atoms with E-state index in [4.69, 9.17) is 16.3 Å². The van der Waals surface area contributed by atoms with Crippen molar-refractivity contribution in [3.8, 4) is 11.5 Å². The molecule has 19 heavy (non-hydrogen) atoms. The summed E-state index contributed by atoms with van der Waals surface area (Å²) in [6, 6.07) is 15.4. The van der Waals surface area contributed by atoms with Crippen LogP contribution in [0.4, 0.5) is 0 Å². The van der Waals surface area contributed by atoms with Crippen molar-refractivity contribution in [1.82, 2.24) is 4.98 Å². The molecule has 0 amide bonds. The molecule has 0 unspecified atom stereocenters. The minimum atomic E-state index is 0.630. The molecule has 0 N–H and O–H groups in total. The van der Waals surface area contributed by atoms with E-state index in [1.165, 1.54) is 3.57 Å². The Morgan fingerprint density at radius 2 is 1.79 bits per heavy atom. The first-order chi connectivity index (χ1) is 9.24. The fourth-order valence-electron chi connectivity index (χ4n) is 1.83. The minimum Gasteiger partial charge on any atom is -0.457 e. The molecular formula is C15H9ClINO. The van der Waals surface area contributed by atoms with Crippen molar-refractivity contribution in [3.05, 3.63) is 63.3 Å². The standard InChI is InChI=1S/C15H9ClINO/c16-13-3-1-2-12-14(8-9-18-15(12)13)19-11-6-4-10(17)5-7-11/h1-9H. The van der Waals surface area contributed by atoms with Crippen molar-refractivity contribution in [2.24, 2.45) is 0 Å². The SMILES string of the molecule is Clc1cccc2c(Oc3ccc(I)cc3)ccnc12. The van der Waals surface area contributed by atoms with E-state index < -0.39 is 0 Å². The lowest BCUT2D eigenvalue weighted by atomic mass is 10.2. The van der Waals surface area contributed by atoms with Gasteiger partial charge in [-0.3, -0.25) is 4.98 Å². The lowest BCUT2D eigenvalue weighted by Crippen LogP contribution is -1.88. The molecule has 0 aliphatic carbocycles. The zero-order valence-electron chi connectivity index (χ0n) is 9.81. The predicted molar refractivity (Wildman–Crippen MR) is 86.0 cm³/mol. The number of hydrogen-bond donors (Lipinski definition) is 0. The normalized spacial score (nSPS) is 10.6. The van der Waals surface area contributed by atoms with Gasteiger partial charge in [0.2, 0.25) is 0 Å². The highest BCUT2D eigenvalue weighted by Gasteiger charge is 2.06. The van der Waals surface area contributed by atoms with Gasteiger partial charge in [-0.1, -0.05) is 17.7 Å². The van der Waals surface area contributed by atoms with Crippen molar-refractivity contribution in [3.63, 3.8) is 0 Å². The first-order valence-corrected chi connectivity index (χ1v) is 7.16. The smallest absolute Gasteiger partial charge is 0.138 e. The maximum Gasteiger partial charge on any atom is 0.138 e. The van der Waals surface area contributed by atoms with Crippen LogP contribution in [-0.4, -0.2) is 4.98 Å². The highest BCUT2D eigenvalue weighted by Crippen LogP contribution is 2.31. The average Bonchev–Trinajstić information content (AvgIpc) is 2.43. The summed E-state index contributed by atoms with van der Waals surface area (Å²) in [7, 11) is 0. The van der Waals surface area contributed by atoms with E-state index in [0.717, 1.165) is 22.4 Å². The number of para-hydroxylation sites is 1. The molecule has 0 bridgehead atoms. The number of rotatable bonds is 2. The Bertz CT molecular complexity index is 728. The third kappa shape index (κ3) is 2.67. The molecule has 0 saturated carbocycles. The molecule has 1 heterocycles. The van der Waals surface area contributed by atoms with Gasteiger partial charge in [0.05, 0.1) is 10.5 Å². The molecule has 0 saturated heterocycles. The number of ether oxygens (including phenoxy) is 1. The van der Waals surface area contributed by atoms with Gasteiger partial charge in [0.15, 0.2) is 0 Å². The monoisotopic (exact) mass is 381 g/mol. The maximum absolute atomic E-state index is 6.13. The Morgan fingerprint density at radius 1 is 1.00 bits per heavy atom. The Morgan fingerprint density at radius 3 is 2.58 bits per heavy atom. The number of aromatic nitrogens is 1. The van der Waals surface area contributed by atoms with Crippen LogP contribution in [0.2, 0.25) is 5.02 Å². The zero-order chi connectivity index (χ0) is 13.2. The maximum atomic E-state index is 6.13. The molecule has 0 radical (unpaired) electrons. The Balaban J connectivity index is 2.06. The van der Waals surface area contributed by atoms with Crippen LogP contribution in [0.3, 0.4) is 0 Å². The lowest BCUT2D eigenvalue weighted by Gasteiger charge is -2.09. The van der Waals surface area contributed by atoms with Crippen LogP contribution in [0.5, 0.6) is 11.5 Å². The first kappa shape index (κ1) is 12.7. The Hall–Kier alpha value is -1.33. The quantitative estimate of drug-likeness (QED) is 0.563. The van der Waals surface area contributed by atoms with E-state index in [0.29, 0.717) is 5.02 Å². The van der Waals surface area contributed by atoms with Gasteiger partial charge in [-0.05, 0) is 65.1 Å². The van der Waals surface area contributed by atoms with Crippen LogP contribution in [-0.2, 0) is 0 Å². The molecule has 1 aromatic heterocycles. The second-order valence-electron chi connectivity index (χ2n) is 4.00. The van der Waals surface area contributed by atoms with E-state index >= 15 is 0 Å². The van der Waals surface area contributed by atoms with E-state index in [1.807, 2.05) is 48.5 Å². The molecule has 94 valence electrons. The molecule has 0 atom stereocenters. The molecule has 0 fully saturated rings. The summed E-state index contributed by atoms with van der Waals surface area (Å²) in [5.41, 5.74) is 0.757. The van der Waals surface area contributed by atoms with Crippen molar-refractivity contribution in [2.75, 3.05) is 0 Å². The van der Waals surface area contributed by atoms with Gasteiger partial charge < -0.3 is 4.74 Å². The van der Waals surface area contributed by atoms with E-state index in [9.17, 15) is 0 Å². The molecule has 0 spiro atoms. The van der Waals surface area contributed by atoms with Gasteiger partial charge in [0, 0.05) is 15.2 Å². The highest BCUT2D eigenvalue weighted by atomic mass is 127. The fraction of sp³-hybridized carbons (Fsp3) is 0. The van der Waals surface area contributed by atoms with Crippen LogP contribution in [0.15, 0.2) is 54.7 Å².